The van der Waals surface area contributed by atoms with Crippen molar-refractivity contribution in [1.82, 2.24) is 10.7 Å². The molecule has 3 aromatic carbocycles. The summed E-state index contributed by atoms with van der Waals surface area (Å²) in [7, 11) is 0. The Morgan fingerprint density at radius 2 is 1.74 bits per heavy atom. The van der Waals surface area contributed by atoms with Crippen LogP contribution in [0, 0.1) is 0 Å². The van der Waals surface area contributed by atoms with E-state index in [4.69, 9.17) is 9.47 Å². The second-order valence-electron chi connectivity index (χ2n) is 7.29. The summed E-state index contributed by atoms with van der Waals surface area (Å²) in [6.07, 6.45) is 0.975. The Morgan fingerprint density at radius 3 is 2.41 bits per heavy atom. The van der Waals surface area contributed by atoms with Crippen LogP contribution in [0.1, 0.15) is 36.1 Å². The number of nitrogens with zero attached hydrogens (tertiary/aromatic N) is 1. The molecular weight excluding hydrogens is 498 g/mol. The molecule has 0 aliphatic heterocycles. The van der Waals surface area contributed by atoms with Crippen LogP contribution < -0.4 is 15.5 Å². The van der Waals surface area contributed by atoms with E-state index in [1.165, 1.54) is 0 Å². The Bertz CT molecular complexity index is 1110. The van der Waals surface area contributed by atoms with Gasteiger partial charge in [0, 0.05) is 0 Å². The van der Waals surface area contributed by atoms with Crippen molar-refractivity contribution in [2.45, 2.75) is 26.0 Å². The molecule has 3 rings (SSSR count). The van der Waals surface area contributed by atoms with Crippen molar-refractivity contribution < 1.29 is 19.1 Å². The molecule has 0 radical (unpaired) electrons. The molecule has 176 valence electrons. The van der Waals surface area contributed by atoms with Gasteiger partial charge in [-0.25, -0.2) is 10.2 Å². The number of hydrogen-bond donors (Lipinski definition) is 2. The van der Waals surface area contributed by atoms with E-state index in [9.17, 15) is 9.59 Å². The Kier molecular flexibility index (Phi) is 9.66. The SMILES string of the molecule is CCOC(=O)N[C@H](CC(=O)N/N=C\c1ccc(OCc2ccccc2)c(Br)c1)c1ccccc1. The van der Waals surface area contributed by atoms with E-state index >= 15 is 0 Å². The highest BCUT2D eigenvalue weighted by atomic mass is 79.9. The van der Waals surface area contributed by atoms with Crippen LogP contribution in [0.2, 0.25) is 0 Å². The Morgan fingerprint density at radius 1 is 1.03 bits per heavy atom. The average Bonchev–Trinajstić information content (AvgIpc) is 2.84. The van der Waals surface area contributed by atoms with Crippen molar-refractivity contribution in [2.75, 3.05) is 6.61 Å². The molecule has 0 aromatic heterocycles. The zero-order valence-electron chi connectivity index (χ0n) is 18.7. The second kappa shape index (κ2) is 13.2. The number of benzene rings is 3. The first-order chi connectivity index (χ1) is 16.5. The first kappa shape index (κ1) is 25.0. The molecular formula is C26H26BrN3O4. The fourth-order valence-corrected chi connectivity index (χ4v) is 3.62. The standard InChI is InChI=1S/C26H26BrN3O4/c1-2-33-26(32)29-23(21-11-7-4-8-12-21)16-25(31)30-28-17-20-13-14-24(22(27)15-20)34-18-19-9-5-3-6-10-19/h3-15,17,23H,2,16,18H2,1H3,(H,29,32)(H,30,31)/b28-17-/t23-/m1/s1. The molecule has 0 saturated heterocycles. The van der Waals surface area contributed by atoms with Gasteiger partial charge in [0.15, 0.2) is 0 Å². The summed E-state index contributed by atoms with van der Waals surface area (Å²) in [5, 5.41) is 6.75. The number of carbonyl (C=O) groups is 2. The molecule has 34 heavy (non-hydrogen) atoms. The lowest BCUT2D eigenvalue weighted by molar-refractivity contribution is -0.121. The van der Waals surface area contributed by atoms with Gasteiger partial charge >= 0.3 is 6.09 Å². The lowest BCUT2D eigenvalue weighted by Crippen LogP contribution is -2.33. The van der Waals surface area contributed by atoms with Crippen LogP contribution in [0.25, 0.3) is 0 Å². The summed E-state index contributed by atoms with van der Waals surface area (Å²) in [6, 6.07) is 24.1. The van der Waals surface area contributed by atoms with E-state index in [-0.39, 0.29) is 18.9 Å². The number of ether oxygens (including phenoxy) is 2. The quantitative estimate of drug-likeness (QED) is 0.276. The summed E-state index contributed by atoms with van der Waals surface area (Å²) >= 11 is 3.51. The second-order valence-corrected chi connectivity index (χ2v) is 8.14. The Hall–Kier alpha value is -3.65. The van der Waals surface area contributed by atoms with Crippen molar-refractivity contribution in [3.63, 3.8) is 0 Å². The van der Waals surface area contributed by atoms with Gasteiger partial charge in [0.05, 0.1) is 29.8 Å². The molecule has 0 spiro atoms. The van der Waals surface area contributed by atoms with E-state index in [1.54, 1.807) is 13.1 Å². The first-order valence-electron chi connectivity index (χ1n) is 10.8. The highest BCUT2D eigenvalue weighted by molar-refractivity contribution is 9.10. The number of hydrogen-bond acceptors (Lipinski definition) is 5. The molecule has 0 fully saturated rings. The summed E-state index contributed by atoms with van der Waals surface area (Å²) in [5.41, 5.74) is 5.16. The van der Waals surface area contributed by atoms with Gasteiger partial charge < -0.3 is 14.8 Å². The van der Waals surface area contributed by atoms with Gasteiger partial charge in [0.1, 0.15) is 12.4 Å². The smallest absolute Gasteiger partial charge is 0.407 e. The average molecular weight is 524 g/mol. The highest BCUT2D eigenvalue weighted by Gasteiger charge is 2.18. The highest BCUT2D eigenvalue weighted by Crippen LogP contribution is 2.26. The van der Waals surface area contributed by atoms with Crippen molar-refractivity contribution in [1.29, 1.82) is 0 Å². The number of rotatable bonds is 10. The summed E-state index contributed by atoms with van der Waals surface area (Å²) in [4.78, 5) is 24.3. The van der Waals surface area contributed by atoms with Gasteiger partial charge in [-0.3, -0.25) is 4.79 Å². The minimum Gasteiger partial charge on any atom is -0.488 e. The van der Waals surface area contributed by atoms with Crippen LogP contribution >= 0.6 is 15.9 Å². The molecule has 0 aliphatic carbocycles. The summed E-state index contributed by atoms with van der Waals surface area (Å²) in [5.74, 6) is 0.365. The molecule has 8 heteroatoms. The van der Waals surface area contributed by atoms with Crippen LogP contribution in [0.15, 0.2) is 88.4 Å². The van der Waals surface area contributed by atoms with Crippen molar-refractivity contribution >= 4 is 34.1 Å². The normalized spacial score (nSPS) is 11.6. The van der Waals surface area contributed by atoms with Gasteiger partial charge in [-0.2, -0.15) is 5.10 Å². The number of alkyl carbamates (subject to hydrolysis) is 1. The lowest BCUT2D eigenvalue weighted by Gasteiger charge is -2.18. The number of carbonyl (C=O) groups excluding carboxylic acids is 2. The van der Waals surface area contributed by atoms with E-state index in [2.05, 4.69) is 31.8 Å². The molecule has 7 nitrogen and oxygen atoms in total. The van der Waals surface area contributed by atoms with E-state index in [1.807, 2.05) is 78.9 Å². The zero-order valence-corrected chi connectivity index (χ0v) is 20.3. The predicted molar refractivity (Wildman–Crippen MR) is 135 cm³/mol. The van der Waals surface area contributed by atoms with Crippen LogP contribution in [0.4, 0.5) is 4.79 Å². The number of hydrazone groups is 1. The van der Waals surface area contributed by atoms with Gasteiger partial charge in [-0.1, -0.05) is 60.7 Å². The maximum absolute atomic E-state index is 12.5. The minimum absolute atomic E-state index is 0.0100. The fourth-order valence-electron chi connectivity index (χ4n) is 3.11. The third-order valence-electron chi connectivity index (χ3n) is 4.75. The molecule has 1 atom stereocenters. The molecule has 3 aromatic rings. The number of nitrogens with one attached hydrogen (secondary N) is 2. The van der Waals surface area contributed by atoms with Crippen LogP contribution in [-0.2, 0) is 16.1 Å². The largest absolute Gasteiger partial charge is 0.488 e. The maximum Gasteiger partial charge on any atom is 0.407 e. The Labute approximate surface area is 207 Å². The fraction of sp³-hybridized carbons (Fsp3) is 0.192. The number of amides is 2. The third kappa shape index (κ3) is 8.04. The number of halogens is 1. The molecule has 0 heterocycles. The van der Waals surface area contributed by atoms with Crippen molar-refractivity contribution in [3.8, 4) is 5.75 Å². The monoisotopic (exact) mass is 523 g/mol. The lowest BCUT2D eigenvalue weighted by atomic mass is 10.0. The van der Waals surface area contributed by atoms with Crippen LogP contribution in [0.5, 0.6) is 5.75 Å². The predicted octanol–water partition coefficient (Wildman–Crippen LogP) is 5.36. The molecule has 2 N–H and O–H groups in total. The molecule has 0 bridgehead atoms. The van der Waals surface area contributed by atoms with Gasteiger partial charge in [-0.15, -0.1) is 0 Å². The molecule has 0 unspecified atom stereocenters. The first-order valence-corrected chi connectivity index (χ1v) is 11.6. The van der Waals surface area contributed by atoms with Gasteiger partial charge in [-0.05, 0) is 57.7 Å². The van der Waals surface area contributed by atoms with E-state index in [0.29, 0.717) is 12.4 Å². The maximum atomic E-state index is 12.5. The van der Waals surface area contributed by atoms with Crippen molar-refractivity contribution in [3.05, 3.63) is 100 Å². The van der Waals surface area contributed by atoms with Crippen LogP contribution in [0.3, 0.4) is 0 Å². The zero-order chi connectivity index (χ0) is 24.2. The van der Waals surface area contributed by atoms with Gasteiger partial charge in [0.2, 0.25) is 5.91 Å². The molecule has 0 aliphatic rings. The third-order valence-corrected chi connectivity index (χ3v) is 5.37. The Balaban J connectivity index is 1.55. The van der Waals surface area contributed by atoms with E-state index in [0.717, 1.165) is 21.2 Å². The van der Waals surface area contributed by atoms with Crippen LogP contribution in [-0.4, -0.2) is 24.8 Å². The van der Waals surface area contributed by atoms with E-state index < -0.39 is 12.1 Å². The van der Waals surface area contributed by atoms with Crippen molar-refractivity contribution in [2.24, 2.45) is 5.10 Å². The minimum atomic E-state index is -0.577. The topological polar surface area (TPSA) is 89.0 Å². The summed E-state index contributed by atoms with van der Waals surface area (Å²) < 4.78 is 11.6. The molecule has 0 saturated carbocycles. The molecule has 2 amide bonds. The van der Waals surface area contributed by atoms with Gasteiger partial charge in [0.25, 0.3) is 0 Å². The summed E-state index contributed by atoms with van der Waals surface area (Å²) in [6.45, 7) is 2.43.